The zero-order chi connectivity index (χ0) is 18.7. The van der Waals surface area contributed by atoms with Crippen molar-refractivity contribution in [3.05, 3.63) is 77.6 Å². The highest BCUT2D eigenvalue weighted by Gasteiger charge is 2.37. The van der Waals surface area contributed by atoms with Gasteiger partial charge in [-0.3, -0.25) is 4.79 Å². The molecule has 1 saturated heterocycles. The lowest BCUT2D eigenvalue weighted by atomic mass is 9.89. The fraction of sp³-hybridized carbons (Fsp3) is 0.286. The van der Waals surface area contributed by atoms with E-state index in [1.807, 2.05) is 36.4 Å². The van der Waals surface area contributed by atoms with E-state index in [2.05, 4.69) is 46.1 Å². The molecular weight excluding hydrogens is 338 g/mol. The van der Waals surface area contributed by atoms with Crippen LogP contribution < -0.4 is 10.6 Å². The largest absolute Gasteiger partial charge is 0.340 e. The summed E-state index contributed by atoms with van der Waals surface area (Å²) in [5.41, 5.74) is 3.13. The van der Waals surface area contributed by atoms with Crippen LogP contribution in [0.2, 0.25) is 0 Å². The molecule has 0 saturated carbocycles. The zero-order valence-electron chi connectivity index (χ0n) is 15.4. The van der Waals surface area contributed by atoms with Gasteiger partial charge in [0.05, 0.1) is 17.4 Å². The monoisotopic (exact) mass is 361 g/mol. The van der Waals surface area contributed by atoms with E-state index in [-0.39, 0.29) is 5.91 Å². The number of carbonyl (C=O) groups excluding carboxylic acids is 1. The van der Waals surface area contributed by atoms with Crippen molar-refractivity contribution in [2.75, 3.05) is 13.1 Å². The second kappa shape index (κ2) is 7.32. The number of hydrogen-bond acceptors (Lipinski definition) is 4. The Morgan fingerprint density at radius 1 is 1.19 bits per heavy atom. The van der Waals surface area contributed by atoms with E-state index in [0.29, 0.717) is 12.2 Å². The summed E-state index contributed by atoms with van der Waals surface area (Å²) in [4.78, 5) is 12.9. The molecule has 1 aliphatic heterocycles. The molecule has 1 amide bonds. The molecule has 1 aromatic heterocycles. The Bertz CT molecular complexity index is 929. The maximum absolute atomic E-state index is 12.9. The molecule has 6 heteroatoms. The van der Waals surface area contributed by atoms with E-state index in [4.69, 9.17) is 0 Å². The van der Waals surface area contributed by atoms with Crippen LogP contribution in [-0.2, 0) is 12.0 Å². The number of para-hydroxylation sites is 1. The van der Waals surface area contributed by atoms with Crippen LogP contribution in [0.25, 0.3) is 5.69 Å². The summed E-state index contributed by atoms with van der Waals surface area (Å²) >= 11 is 0. The van der Waals surface area contributed by atoms with E-state index in [9.17, 15) is 4.79 Å². The maximum Gasteiger partial charge on any atom is 0.274 e. The van der Waals surface area contributed by atoms with Crippen molar-refractivity contribution in [2.24, 2.45) is 0 Å². The molecule has 1 unspecified atom stereocenters. The summed E-state index contributed by atoms with van der Waals surface area (Å²) in [6.45, 7) is 3.67. The normalized spacial score (nSPS) is 19.1. The molecule has 0 aliphatic carbocycles. The van der Waals surface area contributed by atoms with Gasteiger partial charge in [-0.15, -0.1) is 5.10 Å². The van der Waals surface area contributed by atoms with Crippen LogP contribution in [0, 0.1) is 0 Å². The molecule has 3 aromatic rings. The molecule has 2 N–H and O–H groups in total. The first kappa shape index (κ1) is 17.4. The van der Waals surface area contributed by atoms with Crippen molar-refractivity contribution in [2.45, 2.75) is 25.3 Å². The summed E-state index contributed by atoms with van der Waals surface area (Å²) in [6, 6.07) is 18.1. The number of amides is 1. The van der Waals surface area contributed by atoms with Gasteiger partial charge >= 0.3 is 0 Å². The molecule has 2 heterocycles. The Labute approximate surface area is 158 Å². The minimum atomic E-state index is -0.413. The SMILES string of the molecule is CCc1ccccc1-n1cc(C(=O)NC2(c3ccccc3)CCNC2)nn1. The Morgan fingerprint density at radius 2 is 1.96 bits per heavy atom. The van der Waals surface area contributed by atoms with Crippen molar-refractivity contribution in [3.8, 4) is 5.69 Å². The summed E-state index contributed by atoms with van der Waals surface area (Å²) in [5, 5.41) is 14.9. The second-order valence-electron chi connectivity index (χ2n) is 6.86. The first-order chi connectivity index (χ1) is 13.2. The van der Waals surface area contributed by atoms with Crippen LogP contribution >= 0.6 is 0 Å². The highest BCUT2D eigenvalue weighted by molar-refractivity contribution is 5.92. The average molecular weight is 361 g/mol. The predicted molar refractivity (Wildman–Crippen MR) is 104 cm³/mol. The van der Waals surface area contributed by atoms with E-state index < -0.39 is 5.54 Å². The Hall–Kier alpha value is -2.99. The molecule has 138 valence electrons. The standard InChI is InChI=1S/C21H23N5O/c1-2-16-8-6-7-11-19(16)26-14-18(24-25-26)20(27)23-21(12-13-22-15-21)17-9-4-3-5-10-17/h3-11,14,22H,2,12-13,15H2,1H3,(H,23,27). The fourth-order valence-electron chi connectivity index (χ4n) is 3.67. The number of aromatic nitrogens is 3. The van der Waals surface area contributed by atoms with Gasteiger partial charge in [0.2, 0.25) is 0 Å². The smallest absolute Gasteiger partial charge is 0.274 e. The van der Waals surface area contributed by atoms with E-state index in [1.54, 1.807) is 10.9 Å². The number of rotatable bonds is 5. The predicted octanol–water partition coefficient (Wildman–Crippen LogP) is 2.45. The van der Waals surface area contributed by atoms with Crippen LogP contribution in [0.3, 0.4) is 0 Å². The molecule has 27 heavy (non-hydrogen) atoms. The molecule has 2 aromatic carbocycles. The summed E-state index contributed by atoms with van der Waals surface area (Å²) in [5.74, 6) is -0.206. The van der Waals surface area contributed by atoms with Crippen molar-refractivity contribution < 1.29 is 4.79 Å². The minimum Gasteiger partial charge on any atom is -0.340 e. The Morgan fingerprint density at radius 3 is 2.70 bits per heavy atom. The Balaban J connectivity index is 1.59. The van der Waals surface area contributed by atoms with Gasteiger partial charge in [-0.1, -0.05) is 60.7 Å². The number of benzene rings is 2. The molecule has 4 rings (SSSR count). The van der Waals surface area contributed by atoms with Crippen molar-refractivity contribution in [3.63, 3.8) is 0 Å². The molecule has 1 fully saturated rings. The molecule has 0 radical (unpaired) electrons. The third-order valence-electron chi connectivity index (χ3n) is 5.18. The summed E-state index contributed by atoms with van der Waals surface area (Å²) in [6.07, 6.45) is 3.43. The van der Waals surface area contributed by atoms with Crippen molar-refractivity contribution in [1.29, 1.82) is 0 Å². The number of nitrogens with one attached hydrogen (secondary N) is 2. The van der Waals surface area contributed by atoms with Crippen LogP contribution in [0.15, 0.2) is 60.8 Å². The quantitative estimate of drug-likeness (QED) is 0.732. The maximum atomic E-state index is 12.9. The number of nitrogens with zero attached hydrogens (tertiary/aromatic N) is 3. The average Bonchev–Trinajstić information content (AvgIpc) is 3.39. The molecule has 1 atom stereocenters. The fourth-order valence-corrected chi connectivity index (χ4v) is 3.67. The van der Waals surface area contributed by atoms with Gasteiger partial charge < -0.3 is 10.6 Å². The van der Waals surface area contributed by atoms with Crippen molar-refractivity contribution in [1.82, 2.24) is 25.6 Å². The Kier molecular flexibility index (Phi) is 4.73. The molecule has 6 nitrogen and oxygen atoms in total. The third-order valence-corrected chi connectivity index (χ3v) is 5.18. The summed E-state index contributed by atoms with van der Waals surface area (Å²) < 4.78 is 1.68. The number of hydrogen-bond donors (Lipinski definition) is 2. The van der Waals surface area contributed by atoms with E-state index >= 15 is 0 Å². The molecule has 0 spiro atoms. The first-order valence-corrected chi connectivity index (χ1v) is 9.31. The van der Waals surface area contributed by atoms with Gasteiger partial charge in [0.15, 0.2) is 5.69 Å². The first-order valence-electron chi connectivity index (χ1n) is 9.31. The topological polar surface area (TPSA) is 71.8 Å². The zero-order valence-corrected chi connectivity index (χ0v) is 15.4. The lowest BCUT2D eigenvalue weighted by molar-refractivity contribution is 0.0899. The summed E-state index contributed by atoms with van der Waals surface area (Å²) in [7, 11) is 0. The molecular formula is C21H23N5O. The second-order valence-corrected chi connectivity index (χ2v) is 6.86. The van der Waals surface area contributed by atoms with E-state index in [0.717, 1.165) is 36.2 Å². The van der Waals surface area contributed by atoms with Gasteiger partial charge in [0.25, 0.3) is 5.91 Å². The third kappa shape index (κ3) is 3.36. The lowest BCUT2D eigenvalue weighted by Gasteiger charge is -2.29. The molecule has 1 aliphatic rings. The molecule has 0 bridgehead atoms. The van der Waals surface area contributed by atoms with Crippen LogP contribution in [-0.4, -0.2) is 34.0 Å². The number of aryl methyl sites for hydroxylation is 1. The number of carbonyl (C=O) groups is 1. The van der Waals surface area contributed by atoms with Crippen LogP contribution in [0.4, 0.5) is 0 Å². The van der Waals surface area contributed by atoms with Gasteiger partial charge in [0, 0.05) is 6.54 Å². The lowest BCUT2D eigenvalue weighted by Crippen LogP contribution is -2.47. The highest BCUT2D eigenvalue weighted by Crippen LogP contribution is 2.28. The van der Waals surface area contributed by atoms with Gasteiger partial charge in [0.1, 0.15) is 0 Å². The van der Waals surface area contributed by atoms with E-state index in [1.165, 1.54) is 0 Å². The van der Waals surface area contributed by atoms with Crippen LogP contribution in [0.1, 0.15) is 35.0 Å². The van der Waals surface area contributed by atoms with Crippen molar-refractivity contribution >= 4 is 5.91 Å². The van der Waals surface area contributed by atoms with Gasteiger partial charge in [-0.2, -0.15) is 0 Å². The van der Waals surface area contributed by atoms with Gasteiger partial charge in [-0.05, 0) is 36.6 Å². The van der Waals surface area contributed by atoms with Crippen LogP contribution in [0.5, 0.6) is 0 Å². The highest BCUT2D eigenvalue weighted by atomic mass is 16.2. The minimum absolute atomic E-state index is 0.206. The van der Waals surface area contributed by atoms with Gasteiger partial charge in [-0.25, -0.2) is 4.68 Å².